The van der Waals surface area contributed by atoms with E-state index in [9.17, 15) is 14.7 Å². The summed E-state index contributed by atoms with van der Waals surface area (Å²) >= 11 is 0. The maximum absolute atomic E-state index is 12.6. The molecule has 0 aliphatic heterocycles. The lowest BCUT2D eigenvalue weighted by atomic mass is 9.87. The number of carbonyl (C=O) groups excluding carboxylic acids is 1. The van der Waals surface area contributed by atoms with Gasteiger partial charge in [-0.1, -0.05) is 18.1 Å². The maximum Gasteiger partial charge on any atom is 0.317 e. The van der Waals surface area contributed by atoms with Crippen molar-refractivity contribution in [3.8, 4) is 17.1 Å². The van der Waals surface area contributed by atoms with E-state index in [0.29, 0.717) is 35.7 Å². The molecule has 11 heteroatoms. The molecule has 11 nitrogen and oxygen atoms in total. The Bertz CT molecular complexity index is 1030. The molecular formula is C23H33N7O4. The first-order chi connectivity index (χ1) is 16.3. The van der Waals surface area contributed by atoms with E-state index in [1.807, 2.05) is 7.05 Å². The number of carbonyl (C=O) groups is 2. The lowest BCUT2D eigenvalue weighted by Crippen LogP contribution is -2.42. The Hall–Kier alpha value is -3.37. The number of aliphatic carboxylic acids is 1. The molecule has 2 atom stereocenters. The van der Waals surface area contributed by atoms with Gasteiger partial charge in [-0.05, 0) is 50.7 Å². The molecule has 4 rings (SSSR count). The first-order valence-electron chi connectivity index (χ1n) is 11.9. The van der Waals surface area contributed by atoms with Crippen molar-refractivity contribution in [3.63, 3.8) is 0 Å². The molecule has 0 bridgehead atoms. The number of carboxylic acids is 1. The predicted octanol–water partition coefficient (Wildman–Crippen LogP) is 2.57. The number of carboxylic acid groups (broad SMARTS) is 1. The number of pyridine rings is 1. The van der Waals surface area contributed by atoms with E-state index >= 15 is 0 Å². The first-order valence-corrected chi connectivity index (χ1v) is 11.9. The van der Waals surface area contributed by atoms with E-state index in [4.69, 9.17) is 10.5 Å². The van der Waals surface area contributed by atoms with Crippen LogP contribution in [0.2, 0.25) is 0 Å². The Morgan fingerprint density at radius 2 is 2.00 bits per heavy atom. The number of ether oxygens (including phenoxy) is 1. The highest BCUT2D eigenvalue weighted by molar-refractivity contribution is 5.74. The van der Waals surface area contributed by atoms with E-state index in [1.54, 1.807) is 28.8 Å². The van der Waals surface area contributed by atoms with Crippen LogP contribution in [0.5, 0.6) is 5.75 Å². The van der Waals surface area contributed by atoms with Crippen molar-refractivity contribution < 1.29 is 19.4 Å². The third-order valence-corrected chi connectivity index (χ3v) is 6.94. The third kappa shape index (κ3) is 5.23. The molecule has 4 N–H and O–H groups in total. The molecule has 2 aromatic heterocycles. The van der Waals surface area contributed by atoms with Crippen molar-refractivity contribution >= 4 is 17.8 Å². The Morgan fingerprint density at radius 3 is 2.71 bits per heavy atom. The zero-order valence-corrected chi connectivity index (χ0v) is 19.7. The lowest BCUT2D eigenvalue weighted by molar-refractivity contribution is -0.143. The van der Waals surface area contributed by atoms with Crippen molar-refractivity contribution in [2.45, 2.75) is 70.1 Å². The number of aryl methyl sites for hydroxylation is 1. The molecule has 2 aliphatic carbocycles. The summed E-state index contributed by atoms with van der Waals surface area (Å²) in [6.07, 6.45) is 6.91. The van der Waals surface area contributed by atoms with Gasteiger partial charge in [0.05, 0.1) is 30.0 Å². The van der Waals surface area contributed by atoms with Crippen molar-refractivity contribution in [2.24, 2.45) is 13.0 Å². The summed E-state index contributed by atoms with van der Waals surface area (Å²) in [5.41, 5.74) is 7.95. The fourth-order valence-electron chi connectivity index (χ4n) is 4.86. The minimum atomic E-state index is -0.786. The maximum atomic E-state index is 12.6. The molecule has 0 saturated heterocycles. The molecular weight excluding hydrogens is 438 g/mol. The van der Waals surface area contributed by atoms with E-state index in [0.717, 1.165) is 38.5 Å². The SMILES string of the molecule is CN(C(=O)NCc1c(-c2ccc(O[C@H]3CCC[C@H](C(=O)O)C3)c(N)n2)nnn1C)C1CCCC1. The topological polar surface area (TPSA) is 148 Å². The largest absolute Gasteiger partial charge is 0.487 e. The normalized spacial score (nSPS) is 20.8. The molecule has 2 saturated carbocycles. The quantitative estimate of drug-likeness (QED) is 0.558. The van der Waals surface area contributed by atoms with E-state index in [1.165, 1.54) is 0 Å². The Morgan fingerprint density at radius 1 is 1.24 bits per heavy atom. The van der Waals surface area contributed by atoms with Gasteiger partial charge in [0, 0.05) is 20.1 Å². The lowest BCUT2D eigenvalue weighted by Gasteiger charge is -2.27. The summed E-state index contributed by atoms with van der Waals surface area (Å²) in [5, 5.41) is 20.6. The van der Waals surface area contributed by atoms with Crippen LogP contribution in [-0.4, -0.2) is 61.2 Å². The summed E-state index contributed by atoms with van der Waals surface area (Å²) in [7, 11) is 3.60. The number of nitrogen functional groups attached to an aromatic ring is 1. The van der Waals surface area contributed by atoms with Gasteiger partial charge in [-0.3, -0.25) is 4.79 Å². The van der Waals surface area contributed by atoms with Crippen molar-refractivity contribution in [3.05, 3.63) is 17.8 Å². The van der Waals surface area contributed by atoms with Gasteiger partial charge in [0.15, 0.2) is 11.6 Å². The zero-order chi connectivity index (χ0) is 24.2. The predicted molar refractivity (Wildman–Crippen MR) is 125 cm³/mol. The monoisotopic (exact) mass is 471 g/mol. The summed E-state index contributed by atoms with van der Waals surface area (Å²) < 4.78 is 7.60. The number of hydrogen-bond acceptors (Lipinski definition) is 7. The molecule has 34 heavy (non-hydrogen) atoms. The van der Waals surface area contributed by atoms with Gasteiger partial charge in [-0.2, -0.15) is 0 Å². The van der Waals surface area contributed by atoms with E-state index in [2.05, 4.69) is 20.6 Å². The van der Waals surface area contributed by atoms with Crippen LogP contribution in [-0.2, 0) is 18.4 Å². The number of anilines is 1. The highest BCUT2D eigenvalue weighted by Crippen LogP contribution is 2.31. The molecule has 2 aliphatic rings. The average molecular weight is 472 g/mol. The second-order valence-electron chi connectivity index (χ2n) is 9.24. The average Bonchev–Trinajstić information content (AvgIpc) is 3.48. The van der Waals surface area contributed by atoms with E-state index in [-0.39, 0.29) is 30.5 Å². The van der Waals surface area contributed by atoms with Crippen molar-refractivity contribution in [1.82, 2.24) is 30.2 Å². The van der Waals surface area contributed by atoms with Gasteiger partial charge < -0.3 is 25.8 Å². The number of amides is 2. The summed E-state index contributed by atoms with van der Waals surface area (Å²) in [4.78, 5) is 30.2. The zero-order valence-electron chi connectivity index (χ0n) is 19.7. The van der Waals surface area contributed by atoms with Crippen LogP contribution in [0.25, 0.3) is 11.4 Å². The molecule has 0 aromatic carbocycles. The molecule has 0 radical (unpaired) electrons. The van der Waals surface area contributed by atoms with Crippen LogP contribution in [0.4, 0.5) is 10.6 Å². The summed E-state index contributed by atoms with van der Waals surface area (Å²) in [5.74, 6) is -0.544. The van der Waals surface area contributed by atoms with E-state index < -0.39 is 11.9 Å². The van der Waals surface area contributed by atoms with Crippen LogP contribution in [0.15, 0.2) is 12.1 Å². The second-order valence-corrected chi connectivity index (χ2v) is 9.24. The number of nitrogens with two attached hydrogens (primary N) is 1. The number of hydrogen-bond donors (Lipinski definition) is 3. The fraction of sp³-hybridized carbons (Fsp3) is 0.609. The highest BCUT2D eigenvalue weighted by Gasteiger charge is 2.29. The van der Waals surface area contributed by atoms with Crippen LogP contribution in [0.1, 0.15) is 57.1 Å². The van der Waals surface area contributed by atoms with Gasteiger partial charge in [-0.25, -0.2) is 14.5 Å². The molecule has 2 aromatic rings. The third-order valence-electron chi connectivity index (χ3n) is 6.94. The molecule has 184 valence electrons. The number of rotatable bonds is 7. The Kier molecular flexibility index (Phi) is 7.18. The standard InChI is InChI=1S/C23H33N7O4/c1-29(15-7-3-4-8-15)23(33)25-13-18-20(27-28-30(18)2)17-10-11-19(21(24)26-17)34-16-9-5-6-14(12-16)22(31)32/h10-11,14-16H,3-9,12-13H2,1-2H3,(H2,24,26)(H,25,33)(H,31,32)/t14-,16-/m0/s1. The summed E-state index contributed by atoms with van der Waals surface area (Å²) in [6.45, 7) is 0.257. The minimum absolute atomic E-state index is 0.123. The van der Waals surface area contributed by atoms with Crippen LogP contribution in [0.3, 0.4) is 0 Å². The van der Waals surface area contributed by atoms with Crippen molar-refractivity contribution in [1.29, 1.82) is 0 Å². The number of urea groups is 1. The minimum Gasteiger partial charge on any atom is -0.487 e. The number of nitrogens with zero attached hydrogens (tertiary/aromatic N) is 5. The smallest absolute Gasteiger partial charge is 0.317 e. The number of aromatic nitrogens is 4. The van der Waals surface area contributed by atoms with Crippen LogP contribution in [0, 0.1) is 5.92 Å². The molecule has 2 heterocycles. The molecule has 0 spiro atoms. The van der Waals surface area contributed by atoms with Gasteiger partial charge in [-0.15, -0.1) is 5.10 Å². The Labute approximate surface area is 198 Å². The molecule has 2 fully saturated rings. The van der Waals surface area contributed by atoms with Crippen molar-refractivity contribution in [2.75, 3.05) is 12.8 Å². The van der Waals surface area contributed by atoms with Gasteiger partial charge in [0.1, 0.15) is 5.69 Å². The second kappa shape index (κ2) is 10.3. The van der Waals surface area contributed by atoms with Crippen LogP contribution >= 0.6 is 0 Å². The first kappa shape index (κ1) is 23.8. The van der Waals surface area contributed by atoms with Gasteiger partial charge in [0.25, 0.3) is 0 Å². The fourth-order valence-corrected chi connectivity index (χ4v) is 4.86. The van der Waals surface area contributed by atoms with Gasteiger partial charge in [0.2, 0.25) is 0 Å². The summed E-state index contributed by atoms with van der Waals surface area (Å²) in [6, 6.07) is 3.64. The van der Waals surface area contributed by atoms with Crippen LogP contribution < -0.4 is 15.8 Å². The Balaban J connectivity index is 1.43. The number of nitrogens with one attached hydrogen (secondary N) is 1. The van der Waals surface area contributed by atoms with Gasteiger partial charge >= 0.3 is 12.0 Å². The highest BCUT2D eigenvalue weighted by atomic mass is 16.5. The molecule has 0 unspecified atom stereocenters. The molecule has 2 amide bonds.